The van der Waals surface area contributed by atoms with E-state index < -0.39 is 17.4 Å². The molecule has 0 saturated heterocycles. The molecule has 0 aliphatic heterocycles. The molecule has 3 aromatic rings. The first-order valence-electron chi connectivity index (χ1n) is 7.90. The average Bonchev–Trinajstić information content (AvgIpc) is 2.61. The number of halogens is 1. The van der Waals surface area contributed by atoms with Crippen molar-refractivity contribution in [1.29, 1.82) is 0 Å². The highest BCUT2D eigenvalue weighted by Crippen LogP contribution is 2.31. The molecule has 1 heterocycles. The van der Waals surface area contributed by atoms with Crippen LogP contribution in [0, 0.1) is 6.92 Å². The smallest absolute Gasteiger partial charge is 0.336 e. The number of nitrogens with one attached hydrogen (secondary N) is 1. The SMILES string of the molecule is Cc1cc(=O)oc2cc(OCC(=O)Nc3ccc(C(N)=O)cc3)c(Cl)cc12. The number of rotatable bonds is 5. The van der Waals surface area contributed by atoms with E-state index in [2.05, 4.69) is 5.32 Å². The summed E-state index contributed by atoms with van der Waals surface area (Å²) in [7, 11) is 0. The van der Waals surface area contributed by atoms with Crippen molar-refractivity contribution in [2.45, 2.75) is 6.92 Å². The first-order valence-corrected chi connectivity index (χ1v) is 8.28. The van der Waals surface area contributed by atoms with Crippen molar-refractivity contribution in [1.82, 2.24) is 0 Å². The van der Waals surface area contributed by atoms with Gasteiger partial charge in [0, 0.05) is 28.8 Å². The van der Waals surface area contributed by atoms with E-state index in [9.17, 15) is 14.4 Å². The lowest BCUT2D eigenvalue weighted by Gasteiger charge is -2.10. The van der Waals surface area contributed by atoms with Gasteiger partial charge in [0.1, 0.15) is 11.3 Å². The van der Waals surface area contributed by atoms with Crippen LogP contribution >= 0.6 is 11.6 Å². The van der Waals surface area contributed by atoms with Crippen molar-refractivity contribution >= 4 is 40.1 Å². The summed E-state index contributed by atoms with van der Waals surface area (Å²) in [4.78, 5) is 34.6. The molecule has 0 fully saturated rings. The minimum Gasteiger partial charge on any atom is -0.482 e. The number of carbonyl (C=O) groups is 2. The van der Waals surface area contributed by atoms with Crippen LogP contribution in [-0.2, 0) is 4.79 Å². The van der Waals surface area contributed by atoms with Gasteiger partial charge in [-0.3, -0.25) is 9.59 Å². The number of aryl methyl sites for hydroxylation is 1. The van der Waals surface area contributed by atoms with E-state index >= 15 is 0 Å². The number of fused-ring (bicyclic) bond motifs is 1. The van der Waals surface area contributed by atoms with Crippen molar-refractivity contribution in [3.8, 4) is 5.75 Å². The maximum absolute atomic E-state index is 12.0. The monoisotopic (exact) mass is 386 g/mol. The van der Waals surface area contributed by atoms with Crippen LogP contribution in [0.4, 0.5) is 5.69 Å². The molecule has 3 rings (SSSR count). The van der Waals surface area contributed by atoms with E-state index in [0.717, 1.165) is 5.56 Å². The number of nitrogens with two attached hydrogens (primary N) is 1. The Bertz CT molecular complexity index is 1090. The summed E-state index contributed by atoms with van der Waals surface area (Å²) >= 11 is 6.19. The number of primary amides is 1. The second-order valence-corrected chi connectivity index (χ2v) is 6.21. The van der Waals surface area contributed by atoms with E-state index in [1.54, 1.807) is 25.1 Å². The largest absolute Gasteiger partial charge is 0.482 e. The third-order valence-corrected chi connectivity index (χ3v) is 4.11. The predicted octanol–water partition coefficient (Wildman–Crippen LogP) is 2.87. The quantitative estimate of drug-likeness (QED) is 0.655. The van der Waals surface area contributed by atoms with Crippen LogP contribution < -0.4 is 21.4 Å². The molecule has 0 aliphatic carbocycles. The molecule has 0 atom stereocenters. The van der Waals surface area contributed by atoms with E-state index in [0.29, 0.717) is 22.2 Å². The second kappa shape index (κ2) is 7.51. The number of anilines is 1. The first-order chi connectivity index (χ1) is 12.8. The number of carbonyl (C=O) groups excluding carboxylic acids is 2. The molecule has 2 amide bonds. The van der Waals surface area contributed by atoms with Crippen LogP contribution in [0.5, 0.6) is 5.75 Å². The molecule has 0 spiro atoms. The minimum absolute atomic E-state index is 0.220. The molecule has 0 bridgehead atoms. The normalized spacial score (nSPS) is 10.6. The molecule has 0 radical (unpaired) electrons. The molecule has 27 heavy (non-hydrogen) atoms. The fraction of sp³-hybridized carbons (Fsp3) is 0.105. The Balaban J connectivity index is 1.70. The van der Waals surface area contributed by atoms with Gasteiger partial charge in [-0.1, -0.05) is 11.6 Å². The molecule has 1 aromatic heterocycles. The van der Waals surface area contributed by atoms with Gasteiger partial charge in [-0.15, -0.1) is 0 Å². The summed E-state index contributed by atoms with van der Waals surface area (Å²) in [6.07, 6.45) is 0. The number of hydrogen-bond donors (Lipinski definition) is 2. The highest BCUT2D eigenvalue weighted by atomic mass is 35.5. The standard InChI is InChI=1S/C19H15ClN2O5/c1-10-6-18(24)27-15-8-16(14(20)7-13(10)15)26-9-17(23)22-12-4-2-11(3-5-12)19(21)25/h2-8H,9H2,1H3,(H2,21,25)(H,22,23). The average molecular weight is 387 g/mol. The minimum atomic E-state index is -0.552. The van der Waals surface area contributed by atoms with Crippen LogP contribution in [0.25, 0.3) is 11.0 Å². The maximum atomic E-state index is 12.0. The number of ether oxygens (including phenoxy) is 1. The van der Waals surface area contributed by atoms with Crippen molar-refractivity contribution in [2.24, 2.45) is 5.73 Å². The van der Waals surface area contributed by atoms with Gasteiger partial charge in [-0.25, -0.2) is 4.79 Å². The van der Waals surface area contributed by atoms with E-state index in [-0.39, 0.29) is 17.4 Å². The molecule has 138 valence electrons. The van der Waals surface area contributed by atoms with Gasteiger partial charge in [0.25, 0.3) is 5.91 Å². The number of hydrogen-bond acceptors (Lipinski definition) is 5. The van der Waals surface area contributed by atoms with Gasteiger partial charge < -0.3 is 20.2 Å². The van der Waals surface area contributed by atoms with Crippen molar-refractivity contribution in [3.05, 3.63) is 69.0 Å². The van der Waals surface area contributed by atoms with Gasteiger partial charge in [0.2, 0.25) is 5.91 Å². The van der Waals surface area contributed by atoms with Gasteiger partial charge in [-0.2, -0.15) is 0 Å². The molecular formula is C19H15ClN2O5. The lowest BCUT2D eigenvalue weighted by Crippen LogP contribution is -2.20. The molecule has 3 N–H and O–H groups in total. The van der Waals surface area contributed by atoms with Crippen molar-refractivity contribution in [3.63, 3.8) is 0 Å². The van der Waals surface area contributed by atoms with Crippen LogP contribution in [0.1, 0.15) is 15.9 Å². The molecule has 2 aromatic carbocycles. The van der Waals surface area contributed by atoms with E-state index in [1.165, 1.54) is 24.3 Å². The molecule has 0 aliphatic rings. The summed E-state index contributed by atoms with van der Waals surface area (Å²) in [5.41, 5.74) is 6.56. The van der Waals surface area contributed by atoms with Gasteiger partial charge >= 0.3 is 5.63 Å². The molecule has 8 heteroatoms. The summed E-state index contributed by atoms with van der Waals surface area (Å²) in [5.74, 6) is -0.759. The highest BCUT2D eigenvalue weighted by molar-refractivity contribution is 6.32. The van der Waals surface area contributed by atoms with E-state index in [4.69, 9.17) is 26.5 Å². The lowest BCUT2D eigenvalue weighted by molar-refractivity contribution is -0.118. The summed E-state index contributed by atoms with van der Waals surface area (Å²) < 4.78 is 10.6. The summed E-state index contributed by atoms with van der Waals surface area (Å²) in [6.45, 7) is 1.46. The Morgan fingerprint density at radius 2 is 1.89 bits per heavy atom. The zero-order chi connectivity index (χ0) is 19.6. The fourth-order valence-electron chi connectivity index (χ4n) is 2.49. The third kappa shape index (κ3) is 4.27. The third-order valence-electron chi connectivity index (χ3n) is 3.82. The summed E-state index contributed by atoms with van der Waals surface area (Å²) in [5, 5.41) is 3.60. The molecular weight excluding hydrogens is 372 g/mol. The summed E-state index contributed by atoms with van der Waals surface area (Å²) in [6, 6.07) is 10.6. The Labute approximate surface area is 158 Å². The maximum Gasteiger partial charge on any atom is 0.336 e. The Morgan fingerprint density at radius 3 is 2.56 bits per heavy atom. The van der Waals surface area contributed by atoms with Crippen LogP contribution in [0.3, 0.4) is 0 Å². The highest BCUT2D eigenvalue weighted by Gasteiger charge is 2.11. The van der Waals surface area contributed by atoms with Crippen molar-refractivity contribution in [2.75, 3.05) is 11.9 Å². The van der Waals surface area contributed by atoms with Gasteiger partial charge in [0.05, 0.1) is 5.02 Å². The van der Waals surface area contributed by atoms with E-state index in [1.807, 2.05) is 0 Å². The van der Waals surface area contributed by atoms with Crippen molar-refractivity contribution < 1.29 is 18.7 Å². The topological polar surface area (TPSA) is 112 Å². The first kappa shape index (κ1) is 18.5. The lowest BCUT2D eigenvalue weighted by atomic mass is 10.1. The Kier molecular flexibility index (Phi) is 5.14. The number of benzene rings is 2. The van der Waals surface area contributed by atoms with Crippen LogP contribution in [-0.4, -0.2) is 18.4 Å². The Hall–Kier alpha value is -3.32. The van der Waals surface area contributed by atoms with Crippen LogP contribution in [0.2, 0.25) is 5.02 Å². The van der Waals surface area contributed by atoms with Gasteiger partial charge in [-0.05, 0) is 42.8 Å². The fourth-order valence-corrected chi connectivity index (χ4v) is 2.71. The zero-order valence-corrected chi connectivity index (χ0v) is 15.0. The zero-order valence-electron chi connectivity index (χ0n) is 14.2. The molecule has 0 unspecified atom stereocenters. The molecule has 7 nitrogen and oxygen atoms in total. The van der Waals surface area contributed by atoms with Crippen LogP contribution in [0.15, 0.2) is 51.7 Å². The second-order valence-electron chi connectivity index (χ2n) is 5.81. The number of amides is 2. The Morgan fingerprint density at radius 1 is 1.19 bits per heavy atom. The van der Waals surface area contributed by atoms with Gasteiger partial charge in [0.15, 0.2) is 6.61 Å². The molecule has 0 saturated carbocycles. The predicted molar refractivity (Wildman–Crippen MR) is 101 cm³/mol.